The summed E-state index contributed by atoms with van der Waals surface area (Å²) < 4.78 is 40.1. The van der Waals surface area contributed by atoms with Crippen LogP contribution < -0.4 is 10.1 Å². The highest BCUT2D eigenvalue weighted by atomic mass is 19.4. The van der Waals surface area contributed by atoms with Crippen molar-refractivity contribution in [3.63, 3.8) is 0 Å². The number of benzene rings is 1. The molecular weight excluding hydrogens is 469 g/mol. The maximum Gasteiger partial charge on any atom is 0.573 e. The molecule has 1 aromatic rings. The molecule has 0 aromatic heterocycles. The summed E-state index contributed by atoms with van der Waals surface area (Å²) in [6, 6.07) is 3.83. The number of nitrogens with one attached hydrogen (secondary N) is 1. The predicted molar refractivity (Wildman–Crippen MR) is 109 cm³/mol. The first-order valence-corrected chi connectivity index (χ1v) is 10.5. The standard InChI is InChI=1S/C14H18F3NO5.C6H13NO4/c15-14(16,17)23-9-3-1-8(2-4-9)5-18-6-11(20)13(22)12(21)10(18)7-19;8-2-3-5(10)6(11)4(9)1-7-3/h1-4,10-13,19-22H,5-7H2;3-11H,1-2H2/t10-,11+,12-,13-;3-,4+,5-,6-/m11/s1. The van der Waals surface area contributed by atoms with Gasteiger partial charge in [-0.3, -0.25) is 4.90 Å². The van der Waals surface area contributed by atoms with Crippen molar-refractivity contribution in [2.45, 2.75) is 61.6 Å². The Labute approximate surface area is 193 Å². The molecule has 11 nitrogen and oxygen atoms in total. The lowest BCUT2D eigenvalue weighted by Crippen LogP contribution is -2.62. The molecule has 2 aliphatic heterocycles. The van der Waals surface area contributed by atoms with Gasteiger partial charge in [-0.1, -0.05) is 12.1 Å². The van der Waals surface area contributed by atoms with Crippen LogP contribution >= 0.6 is 0 Å². The number of likely N-dealkylation sites (tertiary alicyclic amines) is 1. The second kappa shape index (κ2) is 12.4. The molecule has 0 radical (unpaired) electrons. The van der Waals surface area contributed by atoms with Crippen LogP contribution in [0.5, 0.6) is 5.75 Å². The smallest absolute Gasteiger partial charge is 0.406 e. The van der Waals surface area contributed by atoms with Gasteiger partial charge in [0.2, 0.25) is 0 Å². The number of piperidine rings is 2. The fraction of sp³-hybridized carbons (Fsp3) is 0.700. The van der Waals surface area contributed by atoms with E-state index in [0.717, 1.165) is 12.1 Å². The molecule has 2 saturated heterocycles. The van der Waals surface area contributed by atoms with E-state index in [1.54, 1.807) is 4.90 Å². The van der Waals surface area contributed by atoms with Crippen molar-refractivity contribution in [1.29, 1.82) is 0 Å². The third kappa shape index (κ3) is 7.71. The Balaban J connectivity index is 0.000000310. The molecule has 2 heterocycles. The number of ether oxygens (including phenoxy) is 1. The Bertz CT molecular complexity index is 741. The first kappa shape index (κ1) is 28.6. The molecule has 0 bridgehead atoms. The minimum Gasteiger partial charge on any atom is -0.406 e. The van der Waals surface area contributed by atoms with E-state index >= 15 is 0 Å². The quantitative estimate of drug-likeness (QED) is 0.199. The zero-order chi connectivity index (χ0) is 25.6. The lowest BCUT2D eigenvalue weighted by molar-refractivity contribution is -0.274. The van der Waals surface area contributed by atoms with E-state index in [0.29, 0.717) is 5.56 Å². The summed E-state index contributed by atoms with van der Waals surface area (Å²) in [4.78, 5) is 1.56. The molecule has 0 aliphatic carbocycles. The van der Waals surface area contributed by atoms with Crippen molar-refractivity contribution in [2.75, 3.05) is 26.3 Å². The van der Waals surface area contributed by atoms with Crippen LogP contribution in [0.3, 0.4) is 0 Å². The van der Waals surface area contributed by atoms with E-state index in [9.17, 15) is 38.7 Å². The molecule has 2 fully saturated rings. The Morgan fingerprint density at radius 1 is 0.853 bits per heavy atom. The summed E-state index contributed by atoms with van der Waals surface area (Å²) in [6.07, 6.45) is -11.8. The number of β-amino-alcohol motifs (C(OH)–C–C–N with tert-alkyl or cyclic N) is 2. The summed E-state index contributed by atoms with van der Waals surface area (Å²) in [5, 5.41) is 77.2. The zero-order valence-corrected chi connectivity index (χ0v) is 18.0. The van der Waals surface area contributed by atoms with Gasteiger partial charge in [-0.15, -0.1) is 13.2 Å². The predicted octanol–water partition coefficient (Wildman–Crippen LogP) is -3.12. The first-order chi connectivity index (χ1) is 15.9. The molecule has 34 heavy (non-hydrogen) atoms. The van der Waals surface area contributed by atoms with Crippen LogP contribution in [-0.4, -0.2) is 127 Å². The minimum absolute atomic E-state index is 0.0181. The van der Waals surface area contributed by atoms with Gasteiger partial charge in [-0.05, 0) is 17.7 Å². The molecule has 196 valence electrons. The molecule has 0 saturated carbocycles. The Morgan fingerprint density at radius 2 is 1.44 bits per heavy atom. The summed E-state index contributed by atoms with van der Waals surface area (Å²) in [5.41, 5.74) is 0.605. The molecule has 0 amide bonds. The molecule has 8 atom stereocenters. The first-order valence-electron chi connectivity index (χ1n) is 10.5. The van der Waals surface area contributed by atoms with Gasteiger partial charge in [0.25, 0.3) is 0 Å². The lowest BCUT2D eigenvalue weighted by atomic mass is 9.94. The van der Waals surface area contributed by atoms with E-state index in [4.69, 9.17) is 15.3 Å². The molecule has 14 heteroatoms. The number of halogens is 3. The monoisotopic (exact) mass is 500 g/mol. The average molecular weight is 500 g/mol. The number of nitrogens with zero attached hydrogens (tertiary/aromatic N) is 1. The maximum atomic E-state index is 12.1. The number of aliphatic hydroxyl groups is 8. The zero-order valence-electron chi connectivity index (χ0n) is 18.0. The fourth-order valence-corrected chi connectivity index (χ4v) is 3.74. The number of rotatable bonds is 5. The third-order valence-electron chi connectivity index (χ3n) is 5.70. The van der Waals surface area contributed by atoms with E-state index in [1.807, 2.05) is 0 Å². The number of alkyl halides is 3. The van der Waals surface area contributed by atoms with Crippen molar-refractivity contribution < 1.29 is 58.8 Å². The third-order valence-corrected chi connectivity index (χ3v) is 5.70. The normalized spacial score (nSPS) is 34.8. The molecule has 9 N–H and O–H groups in total. The van der Waals surface area contributed by atoms with E-state index in [1.165, 1.54) is 12.1 Å². The highest BCUT2D eigenvalue weighted by molar-refractivity contribution is 5.27. The number of hydrogen-bond donors (Lipinski definition) is 9. The lowest BCUT2D eigenvalue weighted by Gasteiger charge is -2.43. The fourth-order valence-electron chi connectivity index (χ4n) is 3.74. The highest BCUT2D eigenvalue weighted by Gasteiger charge is 2.41. The largest absolute Gasteiger partial charge is 0.573 e. The molecule has 0 unspecified atom stereocenters. The summed E-state index contributed by atoms with van der Waals surface area (Å²) in [6.45, 7) is -0.281. The van der Waals surface area contributed by atoms with E-state index in [-0.39, 0.29) is 32.0 Å². The van der Waals surface area contributed by atoms with Crippen molar-refractivity contribution in [3.05, 3.63) is 29.8 Å². The highest BCUT2D eigenvalue weighted by Crippen LogP contribution is 2.25. The van der Waals surface area contributed by atoms with Gasteiger partial charge >= 0.3 is 6.36 Å². The van der Waals surface area contributed by atoms with Crippen molar-refractivity contribution in [2.24, 2.45) is 0 Å². The molecule has 1 aromatic carbocycles. The van der Waals surface area contributed by atoms with Gasteiger partial charge in [0, 0.05) is 19.6 Å². The summed E-state index contributed by atoms with van der Waals surface area (Å²) >= 11 is 0. The van der Waals surface area contributed by atoms with Gasteiger partial charge in [0.15, 0.2) is 0 Å². The second-order valence-electron chi connectivity index (χ2n) is 8.17. The van der Waals surface area contributed by atoms with Crippen molar-refractivity contribution in [3.8, 4) is 5.75 Å². The summed E-state index contributed by atoms with van der Waals surface area (Å²) in [7, 11) is 0. The molecule has 3 rings (SSSR count). The topological polar surface area (TPSA) is 186 Å². The van der Waals surface area contributed by atoms with Gasteiger partial charge < -0.3 is 50.9 Å². The SMILES string of the molecule is OC[C@@H]1[C@@H](O)[C@H](O)[C@@H](O)CN1Cc1ccc(OC(F)(F)F)cc1.OC[C@H]1NC[C@H](O)[C@@H](O)[C@@H]1O. The van der Waals surface area contributed by atoms with Gasteiger partial charge in [0.1, 0.15) is 24.1 Å². The van der Waals surface area contributed by atoms with Crippen LogP contribution in [0.15, 0.2) is 24.3 Å². The van der Waals surface area contributed by atoms with Crippen LogP contribution in [0, 0.1) is 0 Å². The van der Waals surface area contributed by atoms with Crippen LogP contribution in [0.2, 0.25) is 0 Å². The second-order valence-corrected chi connectivity index (χ2v) is 8.17. The van der Waals surface area contributed by atoms with Crippen molar-refractivity contribution >= 4 is 0 Å². The Kier molecular flexibility index (Phi) is 10.4. The molecule has 2 aliphatic rings. The number of aliphatic hydroxyl groups excluding tert-OH is 8. The van der Waals surface area contributed by atoms with Gasteiger partial charge in [0.05, 0.1) is 43.6 Å². The summed E-state index contributed by atoms with van der Waals surface area (Å²) in [5.74, 6) is -0.353. The van der Waals surface area contributed by atoms with Gasteiger partial charge in [-0.25, -0.2) is 0 Å². The Morgan fingerprint density at radius 3 is 1.97 bits per heavy atom. The molecular formula is C20H31F3N2O9. The van der Waals surface area contributed by atoms with Crippen LogP contribution in [-0.2, 0) is 6.54 Å². The van der Waals surface area contributed by atoms with E-state index in [2.05, 4.69) is 10.1 Å². The minimum atomic E-state index is -4.76. The average Bonchev–Trinajstić information content (AvgIpc) is 2.77. The van der Waals surface area contributed by atoms with Crippen LogP contribution in [0.25, 0.3) is 0 Å². The number of hydrogen-bond acceptors (Lipinski definition) is 11. The Hall–Kier alpha value is -1.59. The maximum absolute atomic E-state index is 12.1. The van der Waals surface area contributed by atoms with Crippen LogP contribution in [0.1, 0.15) is 5.56 Å². The molecule has 0 spiro atoms. The van der Waals surface area contributed by atoms with Crippen molar-refractivity contribution in [1.82, 2.24) is 10.2 Å². The van der Waals surface area contributed by atoms with Gasteiger partial charge in [-0.2, -0.15) is 0 Å². The van der Waals surface area contributed by atoms with Crippen LogP contribution in [0.4, 0.5) is 13.2 Å². The van der Waals surface area contributed by atoms with E-state index < -0.39 is 61.7 Å².